The van der Waals surface area contributed by atoms with E-state index in [1.54, 1.807) is 30.3 Å². The van der Waals surface area contributed by atoms with Crippen molar-refractivity contribution in [2.75, 3.05) is 12.0 Å². The minimum absolute atomic E-state index is 0.00691. The van der Waals surface area contributed by atoms with Crippen LogP contribution in [-0.4, -0.2) is 40.1 Å². The minimum atomic E-state index is -1.03. The maximum Gasteiger partial charge on any atom is 0.301 e. The Morgan fingerprint density at radius 3 is 2.74 bits per heavy atom. The molecule has 6 rings (SSSR count). The van der Waals surface area contributed by atoms with E-state index in [0.29, 0.717) is 32.7 Å². The Bertz CT molecular complexity index is 1730. The molecular formula is C29H23BrN2O6S. The number of Topliss-reactive ketones (excluding diaryl/α,β-unsaturated/α-hetero) is 1. The van der Waals surface area contributed by atoms with Gasteiger partial charge in [0.05, 0.1) is 33.4 Å². The fraction of sp³-hybridized carbons (Fsp3) is 0.207. The fourth-order valence-electron chi connectivity index (χ4n) is 5.10. The van der Waals surface area contributed by atoms with E-state index in [2.05, 4.69) is 20.9 Å². The van der Waals surface area contributed by atoms with Gasteiger partial charge in [-0.1, -0.05) is 17.4 Å². The van der Waals surface area contributed by atoms with E-state index < -0.39 is 17.7 Å². The van der Waals surface area contributed by atoms with Crippen molar-refractivity contribution < 1.29 is 29.3 Å². The number of benzene rings is 3. The first kappa shape index (κ1) is 25.4. The molecule has 2 atom stereocenters. The van der Waals surface area contributed by atoms with Gasteiger partial charge >= 0.3 is 5.91 Å². The molecule has 1 amide bonds. The van der Waals surface area contributed by atoms with Crippen LogP contribution in [0.4, 0.5) is 5.13 Å². The number of phenolic OH excluding ortho intramolecular Hbond substituents is 1. The molecule has 39 heavy (non-hydrogen) atoms. The van der Waals surface area contributed by atoms with Crippen molar-refractivity contribution in [3.05, 3.63) is 80.8 Å². The number of aromatic nitrogens is 1. The van der Waals surface area contributed by atoms with E-state index in [1.165, 1.54) is 23.3 Å². The molecule has 1 fully saturated rings. The highest BCUT2D eigenvalue weighted by Gasteiger charge is 2.48. The lowest BCUT2D eigenvalue weighted by molar-refractivity contribution is -0.132. The minimum Gasteiger partial charge on any atom is -0.507 e. The number of carbonyl (C=O) groups is 2. The molecule has 2 N–H and O–H groups in total. The Morgan fingerprint density at radius 1 is 1.18 bits per heavy atom. The topological polar surface area (TPSA) is 109 Å². The third kappa shape index (κ3) is 4.15. The molecule has 3 heterocycles. The number of thiazole rings is 1. The van der Waals surface area contributed by atoms with Gasteiger partial charge in [-0.3, -0.25) is 14.5 Å². The van der Waals surface area contributed by atoms with Gasteiger partial charge in [0.1, 0.15) is 17.6 Å². The Morgan fingerprint density at radius 2 is 1.97 bits per heavy atom. The van der Waals surface area contributed by atoms with Crippen molar-refractivity contribution in [1.82, 2.24) is 4.98 Å². The lowest BCUT2D eigenvalue weighted by Gasteiger charge is -2.24. The summed E-state index contributed by atoms with van der Waals surface area (Å²) < 4.78 is 12.3. The number of ether oxygens (including phenoxy) is 2. The van der Waals surface area contributed by atoms with E-state index in [4.69, 9.17) is 9.47 Å². The molecule has 1 saturated heterocycles. The van der Waals surface area contributed by atoms with Crippen molar-refractivity contribution in [3.63, 3.8) is 0 Å². The van der Waals surface area contributed by atoms with Crippen LogP contribution in [-0.2, 0) is 16.0 Å². The molecule has 2 aliphatic heterocycles. The van der Waals surface area contributed by atoms with Gasteiger partial charge < -0.3 is 19.7 Å². The second-order valence-electron chi connectivity index (χ2n) is 9.65. The highest BCUT2D eigenvalue weighted by Crippen LogP contribution is 2.47. The van der Waals surface area contributed by atoms with Gasteiger partial charge in [0.2, 0.25) is 0 Å². The van der Waals surface area contributed by atoms with Crippen LogP contribution in [0.2, 0.25) is 0 Å². The molecule has 0 radical (unpaired) electrons. The molecule has 198 valence electrons. The maximum absolute atomic E-state index is 13.6. The second kappa shape index (κ2) is 9.39. The van der Waals surface area contributed by atoms with Gasteiger partial charge in [-0.15, -0.1) is 0 Å². The number of aromatic hydroxyl groups is 1. The van der Waals surface area contributed by atoms with E-state index in [9.17, 15) is 19.8 Å². The average Bonchev–Trinajstić information content (AvgIpc) is 3.57. The SMILES string of the molecule is COc1cc([C@H]2/C(=C(\O)c3ccc4c(c3)C[C@@H](C)O4)C(=O)C(=O)N2c2nc3ccc(C)cc3s2)cc(Br)c1O. The number of aliphatic hydroxyl groups excluding tert-OH is 1. The summed E-state index contributed by atoms with van der Waals surface area (Å²) in [6, 6.07) is 13.1. The summed E-state index contributed by atoms with van der Waals surface area (Å²) in [5, 5.41) is 22.3. The van der Waals surface area contributed by atoms with E-state index >= 15 is 0 Å². The third-order valence-corrected chi connectivity index (χ3v) is 8.56. The number of amides is 1. The van der Waals surface area contributed by atoms with E-state index in [-0.39, 0.29) is 28.9 Å². The molecular weight excluding hydrogens is 584 g/mol. The van der Waals surface area contributed by atoms with Crippen molar-refractivity contribution in [2.24, 2.45) is 0 Å². The number of ketones is 1. The highest BCUT2D eigenvalue weighted by atomic mass is 79.9. The van der Waals surface area contributed by atoms with Gasteiger partial charge in [-0.2, -0.15) is 0 Å². The van der Waals surface area contributed by atoms with E-state index in [1.807, 2.05) is 32.0 Å². The molecule has 1 aromatic heterocycles. The molecule has 8 nitrogen and oxygen atoms in total. The first-order valence-electron chi connectivity index (χ1n) is 12.2. The van der Waals surface area contributed by atoms with Gasteiger partial charge in [0.25, 0.3) is 5.78 Å². The molecule has 10 heteroatoms. The summed E-state index contributed by atoms with van der Waals surface area (Å²) in [6.07, 6.45) is 0.675. The van der Waals surface area contributed by atoms with Crippen LogP contribution in [0.25, 0.3) is 16.0 Å². The van der Waals surface area contributed by atoms with Crippen molar-refractivity contribution >= 4 is 60.1 Å². The standard InChI is InChI=1S/C29H23BrN2O6S/c1-13-4-6-19-22(8-13)39-29(31-19)32-24(17-11-18(30)26(34)21(12-17)37-3)23(27(35)28(32)36)25(33)15-5-7-20-16(10-15)9-14(2)38-20/h4-8,10-12,14,24,33-34H,9H2,1-3H3/b25-23+/t14-,24+/m1/s1. The number of carbonyl (C=O) groups excluding carboxylic acids is 2. The van der Waals surface area contributed by atoms with Gasteiger partial charge in [0.15, 0.2) is 16.6 Å². The van der Waals surface area contributed by atoms with Crippen molar-refractivity contribution in [2.45, 2.75) is 32.4 Å². The molecule has 3 aromatic carbocycles. The number of hydrogen-bond acceptors (Lipinski definition) is 8. The second-order valence-corrected chi connectivity index (χ2v) is 11.5. The summed E-state index contributed by atoms with van der Waals surface area (Å²) >= 11 is 4.63. The Labute approximate surface area is 236 Å². The van der Waals surface area contributed by atoms with Gasteiger partial charge in [0, 0.05) is 12.0 Å². The summed E-state index contributed by atoms with van der Waals surface area (Å²) in [5.41, 5.74) is 3.41. The molecule has 0 spiro atoms. The first-order chi connectivity index (χ1) is 18.7. The number of aliphatic hydroxyl groups is 1. The summed E-state index contributed by atoms with van der Waals surface area (Å²) in [5.74, 6) is -1.19. The smallest absolute Gasteiger partial charge is 0.301 e. The van der Waals surface area contributed by atoms with E-state index in [0.717, 1.165) is 21.6 Å². The first-order valence-corrected chi connectivity index (χ1v) is 13.8. The summed E-state index contributed by atoms with van der Waals surface area (Å²) in [7, 11) is 1.41. The number of nitrogens with zero attached hydrogens (tertiary/aromatic N) is 2. The normalized spacial score (nSPS) is 19.9. The van der Waals surface area contributed by atoms with Crippen LogP contribution in [0, 0.1) is 6.92 Å². The van der Waals surface area contributed by atoms with Crippen LogP contribution in [0.15, 0.2) is 58.6 Å². The largest absolute Gasteiger partial charge is 0.507 e. The lowest BCUT2D eigenvalue weighted by Crippen LogP contribution is -2.29. The van der Waals surface area contributed by atoms with Crippen LogP contribution in [0.1, 0.15) is 35.2 Å². The molecule has 0 unspecified atom stereocenters. The number of hydrogen-bond donors (Lipinski definition) is 2. The van der Waals surface area contributed by atoms with Crippen LogP contribution in [0.3, 0.4) is 0 Å². The summed E-state index contributed by atoms with van der Waals surface area (Å²) in [6.45, 7) is 3.92. The molecule has 0 saturated carbocycles. The number of fused-ring (bicyclic) bond motifs is 2. The number of methoxy groups -OCH3 is 1. The molecule has 4 aromatic rings. The van der Waals surface area contributed by atoms with Gasteiger partial charge in [-0.25, -0.2) is 4.98 Å². The molecule has 0 bridgehead atoms. The predicted octanol–water partition coefficient (Wildman–Crippen LogP) is 6.03. The van der Waals surface area contributed by atoms with Crippen molar-refractivity contribution in [3.8, 4) is 17.2 Å². The molecule has 0 aliphatic carbocycles. The molecule has 2 aliphatic rings. The quantitative estimate of drug-likeness (QED) is 0.166. The monoisotopic (exact) mass is 606 g/mol. The third-order valence-electron chi connectivity index (χ3n) is 6.94. The van der Waals surface area contributed by atoms with Crippen molar-refractivity contribution in [1.29, 1.82) is 0 Å². The Kier molecular flexibility index (Phi) is 6.11. The highest BCUT2D eigenvalue weighted by molar-refractivity contribution is 9.10. The number of aryl methyl sites for hydroxylation is 1. The van der Waals surface area contributed by atoms with Crippen LogP contribution >= 0.6 is 27.3 Å². The predicted molar refractivity (Wildman–Crippen MR) is 152 cm³/mol. The van der Waals surface area contributed by atoms with Crippen LogP contribution < -0.4 is 14.4 Å². The van der Waals surface area contributed by atoms with Gasteiger partial charge in [-0.05, 0) is 88.9 Å². The Balaban J connectivity index is 1.57. The number of anilines is 1. The maximum atomic E-state index is 13.6. The number of halogens is 1. The summed E-state index contributed by atoms with van der Waals surface area (Å²) in [4.78, 5) is 33.2. The Hall–Kier alpha value is -3.89. The zero-order chi connectivity index (χ0) is 27.6. The zero-order valence-electron chi connectivity index (χ0n) is 21.2. The fourth-order valence-corrected chi connectivity index (χ4v) is 6.65. The lowest BCUT2D eigenvalue weighted by atomic mass is 9.94. The van der Waals surface area contributed by atoms with Crippen LogP contribution in [0.5, 0.6) is 17.2 Å². The number of rotatable bonds is 4. The zero-order valence-corrected chi connectivity index (χ0v) is 23.6. The number of phenols is 1. The average molecular weight is 607 g/mol.